The van der Waals surface area contributed by atoms with Crippen molar-refractivity contribution in [2.75, 3.05) is 5.73 Å². The van der Waals surface area contributed by atoms with E-state index in [1.54, 1.807) is 6.07 Å². The predicted octanol–water partition coefficient (Wildman–Crippen LogP) is 4.29. The van der Waals surface area contributed by atoms with E-state index in [9.17, 15) is 4.39 Å². The highest BCUT2D eigenvalue weighted by Gasteiger charge is 2.15. The Morgan fingerprint density at radius 1 is 1.35 bits per heavy atom. The average Bonchev–Trinajstić information content (AvgIpc) is 2.76. The Morgan fingerprint density at radius 2 is 2.10 bits per heavy atom. The SMILES string of the molecule is CCCCn1c(CC)nc(-c2ccc(Cl)c(F)c2)c1N. The van der Waals surface area contributed by atoms with Gasteiger partial charge in [0, 0.05) is 18.5 Å². The molecule has 0 aliphatic carbocycles. The number of anilines is 1. The molecule has 0 atom stereocenters. The lowest BCUT2D eigenvalue weighted by Crippen LogP contribution is -2.06. The van der Waals surface area contributed by atoms with Crippen molar-refractivity contribution in [3.05, 3.63) is 34.9 Å². The number of unbranched alkanes of at least 4 members (excludes halogenated alkanes) is 1. The molecular formula is C15H19ClFN3. The number of nitrogens with zero attached hydrogens (tertiary/aromatic N) is 2. The average molecular weight is 296 g/mol. The van der Waals surface area contributed by atoms with Gasteiger partial charge in [0.15, 0.2) is 0 Å². The van der Waals surface area contributed by atoms with E-state index >= 15 is 0 Å². The molecule has 1 aromatic carbocycles. The molecule has 0 bridgehead atoms. The summed E-state index contributed by atoms with van der Waals surface area (Å²) in [4.78, 5) is 4.55. The molecule has 20 heavy (non-hydrogen) atoms. The number of aromatic nitrogens is 2. The summed E-state index contributed by atoms with van der Waals surface area (Å²) in [6.07, 6.45) is 2.93. The van der Waals surface area contributed by atoms with Gasteiger partial charge >= 0.3 is 0 Å². The van der Waals surface area contributed by atoms with Gasteiger partial charge in [0.1, 0.15) is 23.2 Å². The van der Waals surface area contributed by atoms with Crippen LogP contribution in [0.5, 0.6) is 0 Å². The summed E-state index contributed by atoms with van der Waals surface area (Å²) in [5.74, 6) is 1.07. The van der Waals surface area contributed by atoms with Crippen LogP contribution in [0.4, 0.5) is 10.2 Å². The highest BCUT2D eigenvalue weighted by atomic mass is 35.5. The molecule has 2 aromatic rings. The van der Waals surface area contributed by atoms with Gasteiger partial charge in [-0.05, 0) is 18.6 Å². The standard InChI is InChI=1S/C15H19ClFN3/c1-3-5-8-20-13(4-2)19-14(15(20)18)10-6-7-11(16)12(17)9-10/h6-7,9H,3-5,8,18H2,1-2H3. The Kier molecular flexibility index (Phi) is 4.65. The fourth-order valence-electron chi connectivity index (χ4n) is 2.21. The van der Waals surface area contributed by atoms with Crippen LogP contribution in [0.15, 0.2) is 18.2 Å². The molecule has 0 saturated heterocycles. The molecule has 1 aromatic heterocycles. The molecule has 0 aliphatic rings. The third kappa shape index (κ3) is 2.80. The number of benzene rings is 1. The first-order valence-corrected chi connectivity index (χ1v) is 7.26. The topological polar surface area (TPSA) is 43.8 Å². The predicted molar refractivity (Wildman–Crippen MR) is 81.3 cm³/mol. The van der Waals surface area contributed by atoms with E-state index in [1.807, 2.05) is 11.5 Å². The Morgan fingerprint density at radius 3 is 2.70 bits per heavy atom. The zero-order chi connectivity index (χ0) is 14.7. The van der Waals surface area contributed by atoms with E-state index in [0.29, 0.717) is 17.1 Å². The molecule has 0 amide bonds. The maximum atomic E-state index is 13.6. The number of aryl methyl sites for hydroxylation is 1. The Bertz CT molecular complexity index is 607. The van der Waals surface area contributed by atoms with Crippen LogP contribution in [0.2, 0.25) is 5.02 Å². The van der Waals surface area contributed by atoms with E-state index in [-0.39, 0.29) is 5.02 Å². The molecular weight excluding hydrogens is 277 g/mol. The van der Waals surface area contributed by atoms with Crippen molar-refractivity contribution in [2.24, 2.45) is 0 Å². The number of nitrogens with two attached hydrogens (primary N) is 1. The molecule has 108 valence electrons. The van der Waals surface area contributed by atoms with Crippen molar-refractivity contribution >= 4 is 17.4 Å². The molecule has 1 heterocycles. The van der Waals surface area contributed by atoms with Crippen molar-refractivity contribution < 1.29 is 4.39 Å². The maximum absolute atomic E-state index is 13.6. The number of hydrogen-bond donors (Lipinski definition) is 1. The van der Waals surface area contributed by atoms with Crippen LogP contribution in [0.1, 0.15) is 32.5 Å². The lowest BCUT2D eigenvalue weighted by atomic mass is 10.1. The van der Waals surface area contributed by atoms with Crippen LogP contribution < -0.4 is 5.73 Å². The van der Waals surface area contributed by atoms with Gasteiger partial charge in [-0.1, -0.05) is 37.9 Å². The number of nitrogen functional groups attached to an aromatic ring is 1. The molecule has 0 unspecified atom stereocenters. The highest BCUT2D eigenvalue weighted by molar-refractivity contribution is 6.30. The minimum absolute atomic E-state index is 0.105. The van der Waals surface area contributed by atoms with Crippen LogP contribution in [0.3, 0.4) is 0 Å². The van der Waals surface area contributed by atoms with Crippen LogP contribution in [0.25, 0.3) is 11.3 Å². The second kappa shape index (κ2) is 6.27. The van der Waals surface area contributed by atoms with Crippen molar-refractivity contribution in [1.29, 1.82) is 0 Å². The molecule has 0 spiro atoms. The summed E-state index contributed by atoms with van der Waals surface area (Å²) >= 11 is 5.71. The minimum Gasteiger partial charge on any atom is -0.383 e. The first-order valence-electron chi connectivity index (χ1n) is 6.88. The van der Waals surface area contributed by atoms with Gasteiger partial charge in [0.2, 0.25) is 0 Å². The molecule has 0 radical (unpaired) electrons. The van der Waals surface area contributed by atoms with E-state index in [2.05, 4.69) is 11.9 Å². The van der Waals surface area contributed by atoms with Gasteiger partial charge in [-0.3, -0.25) is 0 Å². The molecule has 0 saturated carbocycles. The number of rotatable bonds is 5. The zero-order valence-corrected chi connectivity index (χ0v) is 12.5. The van der Waals surface area contributed by atoms with E-state index in [4.69, 9.17) is 17.3 Å². The molecule has 0 fully saturated rings. The van der Waals surface area contributed by atoms with Gasteiger partial charge in [0.25, 0.3) is 0 Å². The fraction of sp³-hybridized carbons (Fsp3) is 0.400. The summed E-state index contributed by atoms with van der Waals surface area (Å²) in [6.45, 7) is 5.01. The van der Waals surface area contributed by atoms with Gasteiger partial charge in [-0.25, -0.2) is 9.37 Å². The fourth-order valence-corrected chi connectivity index (χ4v) is 2.32. The van der Waals surface area contributed by atoms with Crippen LogP contribution in [0, 0.1) is 5.82 Å². The monoisotopic (exact) mass is 295 g/mol. The second-order valence-corrected chi connectivity index (χ2v) is 5.16. The molecule has 2 rings (SSSR count). The zero-order valence-electron chi connectivity index (χ0n) is 11.8. The normalized spacial score (nSPS) is 11.0. The lowest BCUT2D eigenvalue weighted by Gasteiger charge is -2.07. The van der Waals surface area contributed by atoms with E-state index in [0.717, 1.165) is 31.6 Å². The lowest BCUT2D eigenvalue weighted by molar-refractivity contribution is 0.612. The van der Waals surface area contributed by atoms with Crippen molar-refractivity contribution in [2.45, 2.75) is 39.7 Å². The Labute approximate surface area is 123 Å². The molecule has 2 N–H and O–H groups in total. The van der Waals surface area contributed by atoms with Crippen molar-refractivity contribution in [3.63, 3.8) is 0 Å². The van der Waals surface area contributed by atoms with Gasteiger partial charge < -0.3 is 10.3 Å². The molecule has 0 aliphatic heterocycles. The van der Waals surface area contributed by atoms with E-state index < -0.39 is 5.82 Å². The number of halogens is 2. The largest absolute Gasteiger partial charge is 0.383 e. The quantitative estimate of drug-likeness (QED) is 0.894. The minimum atomic E-state index is -0.454. The van der Waals surface area contributed by atoms with Crippen molar-refractivity contribution in [1.82, 2.24) is 9.55 Å². The Hall–Kier alpha value is -1.55. The summed E-state index contributed by atoms with van der Waals surface area (Å²) in [5, 5.41) is 0.105. The second-order valence-electron chi connectivity index (χ2n) is 4.75. The van der Waals surface area contributed by atoms with Gasteiger partial charge in [-0.2, -0.15) is 0 Å². The summed E-state index contributed by atoms with van der Waals surface area (Å²) < 4.78 is 15.6. The van der Waals surface area contributed by atoms with E-state index in [1.165, 1.54) is 12.1 Å². The Balaban J connectivity index is 2.46. The maximum Gasteiger partial charge on any atom is 0.142 e. The third-order valence-corrected chi connectivity index (χ3v) is 3.64. The van der Waals surface area contributed by atoms with Crippen molar-refractivity contribution in [3.8, 4) is 11.3 Å². The highest BCUT2D eigenvalue weighted by Crippen LogP contribution is 2.29. The molecule has 3 nitrogen and oxygen atoms in total. The first kappa shape index (κ1) is 14.9. The van der Waals surface area contributed by atoms with Crippen LogP contribution >= 0.6 is 11.6 Å². The smallest absolute Gasteiger partial charge is 0.142 e. The first-order chi connectivity index (χ1) is 9.58. The summed E-state index contributed by atoms with van der Waals surface area (Å²) in [5.41, 5.74) is 7.48. The van der Waals surface area contributed by atoms with Gasteiger partial charge in [-0.15, -0.1) is 0 Å². The number of hydrogen-bond acceptors (Lipinski definition) is 2. The van der Waals surface area contributed by atoms with Crippen LogP contribution in [-0.2, 0) is 13.0 Å². The number of imidazole rings is 1. The van der Waals surface area contributed by atoms with Gasteiger partial charge in [0.05, 0.1) is 5.02 Å². The molecule has 5 heteroatoms. The van der Waals surface area contributed by atoms with Crippen LogP contribution in [-0.4, -0.2) is 9.55 Å². The third-order valence-electron chi connectivity index (χ3n) is 3.33. The summed E-state index contributed by atoms with van der Waals surface area (Å²) in [6, 6.07) is 4.65. The summed E-state index contributed by atoms with van der Waals surface area (Å²) in [7, 11) is 0.